The fourth-order valence-electron chi connectivity index (χ4n) is 3.18. The number of rotatable bonds is 6. The first-order valence-corrected chi connectivity index (χ1v) is 8.87. The van der Waals surface area contributed by atoms with E-state index in [4.69, 9.17) is 0 Å². The van der Waals surface area contributed by atoms with Crippen molar-refractivity contribution < 1.29 is 0 Å². The molecule has 0 aliphatic heterocycles. The molecule has 1 aromatic rings. The van der Waals surface area contributed by atoms with E-state index in [9.17, 15) is 0 Å². The fraction of sp³-hybridized carbons (Fsp3) is 0.667. The van der Waals surface area contributed by atoms with Crippen LogP contribution >= 0.6 is 15.9 Å². The average Bonchev–Trinajstić information content (AvgIpc) is 2.38. The highest BCUT2D eigenvalue weighted by Gasteiger charge is 2.19. The first-order chi connectivity index (χ1) is 9.54. The van der Waals surface area contributed by atoms with Crippen molar-refractivity contribution in [2.24, 2.45) is 5.92 Å². The smallest absolute Gasteiger partial charge is 0.0178 e. The summed E-state index contributed by atoms with van der Waals surface area (Å²) in [5, 5.41) is 3.84. The zero-order valence-corrected chi connectivity index (χ0v) is 14.7. The van der Waals surface area contributed by atoms with Crippen LogP contribution in [0.25, 0.3) is 0 Å². The predicted molar refractivity (Wildman–Crippen MR) is 91.2 cm³/mol. The Hall–Kier alpha value is -0.340. The van der Waals surface area contributed by atoms with Crippen LogP contribution in [0.15, 0.2) is 22.7 Å². The molecule has 2 unspecified atom stereocenters. The SMILES string of the molecule is CC(C)CCCC(C)NC1CCc2cc(Br)ccc2C1. The van der Waals surface area contributed by atoms with E-state index in [0.29, 0.717) is 12.1 Å². The number of hydrogen-bond donors (Lipinski definition) is 1. The third-order valence-corrected chi connectivity index (χ3v) is 4.83. The highest BCUT2D eigenvalue weighted by atomic mass is 79.9. The maximum absolute atomic E-state index is 3.84. The van der Waals surface area contributed by atoms with Crippen LogP contribution in [0.4, 0.5) is 0 Å². The highest BCUT2D eigenvalue weighted by molar-refractivity contribution is 9.10. The minimum Gasteiger partial charge on any atom is -0.311 e. The Kier molecular flexibility index (Phi) is 6.10. The van der Waals surface area contributed by atoms with E-state index in [2.05, 4.69) is 60.2 Å². The molecule has 1 aliphatic carbocycles. The lowest BCUT2D eigenvalue weighted by Gasteiger charge is -2.28. The number of hydrogen-bond acceptors (Lipinski definition) is 1. The van der Waals surface area contributed by atoms with Gasteiger partial charge in [0.2, 0.25) is 0 Å². The Morgan fingerprint density at radius 3 is 2.75 bits per heavy atom. The summed E-state index contributed by atoms with van der Waals surface area (Å²) in [6, 6.07) is 8.06. The van der Waals surface area contributed by atoms with Gasteiger partial charge < -0.3 is 5.32 Å². The van der Waals surface area contributed by atoms with Crippen LogP contribution in [0.5, 0.6) is 0 Å². The lowest BCUT2D eigenvalue weighted by molar-refractivity contribution is 0.379. The van der Waals surface area contributed by atoms with E-state index in [0.717, 1.165) is 5.92 Å². The summed E-state index contributed by atoms with van der Waals surface area (Å²) in [4.78, 5) is 0. The normalized spacial score (nSPS) is 19.9. The second-order valence-electron chi connectivity index (χ2n) is 6.75. The van der Waals surface area contributed by atoms with E-state index in [-0.39, 0.29) is 0 Å². The molecule has 1 nitrogen and oxygen atoms in total. The van der Waals surface area contributed by atoms with E-state index in [1.165, 1.54) is 54.1 Å². The van der Waals surface area contributed by atoms with Crippen molar-refractivity contribution in [1.29, 1.82) is 0 Å². The summed E-state index contributed by atoms with van der Waals surface area (Å²) >= 11 is 3.57. The third kappa shape index (κ3) is 4.89. The van der Waals surface area contributed by atoms with Crippen molar-refractivity contribution in [3.8, 4) is 0 Å². The average molecular weight is 338 g/mol. The van der Waals surface area contributed by atoms with Crippen LogP contribution in [0.2, 0.25) is 0 Å². The van der Waals surface area contributed by atoms with E-state index < -0.39 is 0 Å². The number of fused-ring (bicyclic) bond motifs is 1. The lowest BCUT2D eigenvalue weighted by Crippen LogP contribution is -2.40. The summed E-state index contributed by atoms with van der Waals surface area (Å²) < 4.78 is 1.21. The van der Waals surface area contributed by atoms with Gasteiger partial charge in [-0.15, -0.1) is 0 Å². The molecule has 0 amide bonds. The first-order valence-electron chi connectivity index (χ1n) is 8.08. The summed E-state index contributed by atoms with van der Waals surface area (Å²) in [7, 11) is 0. The fourth-order valence-corrected chi connectivity index (χ4v) is 3.59. The van der Waals surface area contributed by atoms with Gasteiger partial charge in [0.05, 0.1) is 0 Å². The Morgan fingerprint density at radius 1 is 1.20 bits per heavy atom. The Morgan fingerprint density at radius 2 is 2.00 bits per heavy atom. The number of halogens is 1. The quantitative estimate of drug-likeness (QED) is 0.760. The van der Waals surface area contributed by atoms with Gasteiger partial charge in [-0.1, -0.05) is 48.7 Å². The van der Waals surface area contributed by atoms with E-state index in [1.54, 1.807) is 0 Å². The Labute approximate surface area is 132 Å². The largest absolute Gasteiger partial charge is 0.311 e. The molecule has 0 aromatic heterocycles. The van der Waals surface area contributed by atoms with Crippen molar-refractivity contribution >= 4 is 15.9 Å². The van der Waals surface area contributed by atoms with Crippen LogP contribution in [0.3, 0.4) is 0 Å². The van der Waals surface area contributed by atoms with Crippen LogP contribution in [0, 0.1) is 5.92 Å². The van der Waals surface area contributed by atoms with Crippen molar-refractivity contribution in [1.82, 2.24) is 5.32 Å². The zero-order valence-electron chi connectivity index (χ0n) is 13.1. The molecule has 0 fully saturated rings. The molecule has 2 rings (SSSR count). The molecule has 0 saturated carbocycles. The monoisotopic (exact) mass is 337 g/mol. The van der Waals surface area contributed by atoms with Crippen LogP contribution in [-0.4, -0.2) is 12.1 Å². The molecule has 0 bridgehead atoms. The molecule has 2 heteroatoms. The molecular formula is C18H28BrN. The standard InChI is InChI=1S/C18H28BrN/c1-13(2)5-4-6-14(3)20-18-10-8-15-11-17(19)9-7-16(15)12-18/h7,9,11,13-14,18,20H,4-6,8,10,12H2,1-3H3. The number of nitrogens with one attached hydrogen (secondary N) is 1. The Bertz CT molecular complexity index is 427. The number of benzene rings is 1. The molecule has 1 N–H and O–H groups in total. The minimum atomic E-state index is 0.649. The summed E-state index contributed by atoms with van der Waals surface area (Å²) in [6.07, 6.45) is 7.69. The van der Waals surface area contributed by atoms with Gasteiger partial charge in [-0.2, -0.15) is 0 Å². The van der Waals surface area contributed by atoms with E-state index in [1.807, 2.05) is 0 Å². The molecule has 0 saturated heterocycles. The van der Waals surface area contributed by atoms with Gasteiger partial charge in [0, 0.05) is 16.6 Å². The molecule has 0 spiro atoms. The molecular weight excluding hydrogens is 310 g/mol. The second-order valence-corrected chi connectivity index (χ2v) is 7.66. The minimum absolute atomic E-state index is 0.649. The topological polar surface area (TPSA) is 12.0 Å². The second kappa shape index (κ2) is 7.61. The molecule has 0 radical (unpaired) electrons. The van der Waals surface area contributed by atoms with Gasteiger partial charge >= 0.3 is 0 Å². The third-order valence-electron chi connectivity index (χ3n) is 4.34. The first kappa shape index (κ1) is 16.0. The molecule has 1 aromatic carbocycles. The van der Waals surface area contributed by atoms with Crippen molar-refractivity contribution in [2.45, 2.75) is 71.4 Å². The maximum Gasteiger partial charge on any atom is 0.0178 e. The maximum atomic E-state index is 3.84. The highest BCUT2D eigenvalue weighted by Crippen LogP contribution is 2.25. The molecule has 0 heterocycles. The summed E-state index contributed by atoms with van der Waals surface area (Å²) in [6.45, 7) is 6.97. The van der Waals surface area contributed by atoms with Crippen molar-refractivity contribution in [2.75, 3.05) is 0 Å². The number of aryl methyl sites for hydroxylation is 1. The van der Waals surface area contributed by atoms with Gasteiger partial charge in [-0.05, 0) is 61.8 Å². The van der Waals surface area contributed by atoms with Gasteiger partial charge in [-0.25, -0.2) is 0 Å². The van der Waals surface area contributed by atoms with E-state index >= 15 is 0 Å². The van der Waals surface area contributed by atoms with Gasteiger partial charge in [-0.3, -0.25) is 0 Å². The molecule has 112 valence electrons. The van der Waals surface area contributed by atoms with Gasteiger partial charge in [0.25, 0.3) is 0 Å². The van der Waals surface area contributed by atoms with Crippen molar-refractivity contribution in [3.05, 3.63) is 33.8 Å². The van der Waals surface area contributed by atoms with Crippen LogP contribution in [0.1, 0.15) is 57.6 Å². The Balaban J connectivity index is 1.79. The van der Waals surface area contributed by atoms with Crippen LogP contribution in [-0.2, 0) is 12.8 Å². The molecule has 1 aliphatic rings. The van der Waals surface area contributed by atoms with Gasteiger partial charge in [0.1, 0.15) is 0 Å². The summed E-state index contributed by atoms with van der Waals surface area (Å²) in [5.41, 5.74) is 3.07. The van der Waals surface area contributed by atoms with Gasteiger partial charge in [0.15, 0.2) is 0 Å². The molecule has 20 heavy (non-hydrogen) atoms. The predicted octanol–water partition coefficient (Wildman–Crippen LogP) is 5.11. The summed E-state index contributed by atoms with van der Waals surface area (Å²) in [5.74, 6) is 0.835. The van der Waals surface area contributed by atoms with Crippen LogP contribution < -0.4 is 5.32 Å². The zero-order chi connectivity index (χ0) is 14.5. The van der Waals surface area contributed by atoms with Crippen molar-refractivity contribution in [3.63, 3.8) is 0 Å². The molecule has 2 atom stereocenters. The lowest BCUT2D eigenvalue weighted by atomic mass is 9.88.